The van der Waals surface area contributed by atoms with Crippen LogP contribution in [0.4, 0.5) is 0 Å². The Labute approximate surface area is 135 Å². The molecule has 0 aliphatic heterocycles. The Morgan fingerprint density at radius 2 is 1.70 bits per heavy atom. The van der Waals surface area contributed by atoms with E-state index < -0.39 is 24.5 Å². The number of ether oxygens (including phenoxy) is 1. The molecule has 0 aliphatic rings. The van der Waals surface area contributed by atoms with Gasteiger partial charge in [-0.15, -0.1) is 0 Å². The number of rotatable bonds is 8. The number of carbonyl (C=O) groups excluding carboxylic acids is 1. The zero-order valence-corrected chi connectivity index (χ0v) is 13.0. The fourth-order valence-electron chi connectivity index (χ4n) is 2.18. The minimum Gasteiger partial charge on any atom is -0.457 e. The van der Waals surface area contributed by atoms with Gasteiger partial charge in [-0.25, -0.2) is 0 Å². The molecule has 0 aromatic heterocycles. The maximum Gasteiger partial charge on any atom is 0.177 e. The molecule has 0 fully saturated rings. The van der Waals surface area contributed by atoms with E-state index in [1.807, 2.05) is 54.6 Å². The number of Topliss-reactive ketones (excluding diaryl/α,β-unsaturated/α-hetero) is 1. The number of benzene rings is 2. The molecule has 2 aromatic carbocycles. The average molecular weight is 315 g/mol. The number of carbonyl (C=O) groups is 1. The highest BCUT2D eigenvalue weighted by Crippen LogP contribution is 2.21. The van der Waals surface area contributed by atoms with Crippen molar-refractivity contribution in [1.29, 1.82) is 0 Å². The van der Waals surface area contributed by atoms with Gasteiger partial charge in [0.2, 0.25) is 0 Å². The quantitative estimate of drug-likeness (QED) is 0.693. The summed E-state index contributed by atoms with van der Waals surface area (Å²) in [4.78, 5) is 11.5. The third kappa shape index (κ3) is 5.17. The molecule has 0 amide bonds. The molecule has 2 aromatic rings. The standard InChI is InChI=1S/C18H21NO4/c1-13(21)18(17(22)12-20)19-11-14-7-9-16(10-8-14)23-15-5-3-2-4-6-15/h2-10,13,18-21H,11-12H2,1H3. The van der Waals surface area contributed by atoms with Crippen LogP contribution in [0.3, 0.4) is 0 Å². The summed E-state index contributed by atoms with van der Waals surface area (Å²) >= 11 is 0. The van der Waals surface area contributed by atoms with Crippen LogP contribution in [0.1, 0.15) is 12.5 Å². The molecule has 0 heterocycles. The molecule has 0 radical (unpaired) electrons. The molecule has 5 nitrogen and oxygen atoms in total. The summed E-state index contributed by atoms with van der Waals surface area (Å²) < 4.78 is 5.71. The van der Waals surface area contributed by atoms with Gasteiger partial charge in [0, 0.05) is 6.54 Å². The van der Waals surface area contributed by atoms with E-state index in [4.69, 9.17) is 9.84 Å². The second kappa shape index (κ2) is 8.43. The van der Waals surface area contributed by atoms with Crippen molar-refractivity contribution >= 4 is 5.78 Å². The summed E-state index contributed by atoms with van der Waals surface area (Å²) in [5, 5.41) is 21.5. The smallest absolute Gasteiger partial charge is 0.177 e. The molecule has 2 atom stereocenters. The van der Waals surface area contributed by atoms with E-state index in [1.165, 1.54) is 6.92 Å². The van der Waals surface area contributed by atoms with Crippen molar-refractivity contribution in [1.82, 2.24) is 5.32 Å². The van der Waals surface area contributed by atoms with Gasteiger partial charge < -0.3 is 20.3 Å². The normalized spacial score (nSPS) is 13.3. The summed E-state index contributed by atoms with van der Waals surface area (Å²) in [5.41, 5.74) is 0.946. The lowest BCUT2D eigenvalue weighted by atomic mass is 10.1. The van der Waals surface area contributed by atoms with Crippen molar-refractivity contribution in [3.8, 4) is 11.5 Å². The number of ketones is 1. The summed E-state index contributed by atoms with van der Waals surface area (Å²) in [6.07, 6.45) is -0.865. The summed E-state index contributed by atoms with van der Waals surface area (Å²) in [6.45, 7) is 1.33. The van der Waals surface area contributed by atoms with E-state index in [1.54, 1.807) is 0 Å². The first-order chi connectivity index (χ1) is 11.1. The molecule has 0 saturated heterocycles. The van der Waals surface area contributed by atoms with Gasteiger partial charge in [0.15, 0.2) is 5.78 Å². The van der Waals surface area contributed by atoms with Crippen LogP contribution in [0, 0.1) is 0 Å². The van der Waals surface area contributed by atoms with Crippen molar-refractivity contribution in [3.63, 3.8) is 0 Å². The second-order valence-electron chi connectivity index (χ2n) is 5.28. The number of hydrogen-bond acceptors (Lipinski definition) is 5. The molecule has 3 N–H and O–H groups in total. The average Bonchev–Trinajstić information content (AvgIpc) is 2.57. The molecule has 122 valence electrons. The van der Waals surface area contributed by atoms with Crippen molar-refractivity contribution in [2.24, 2.45) is 0 Å². The van der Waals surface area contributed by atoms with Crippen molar-refractivity contribution < 1.29 is 19.7 Å². The van der Waals surface area contributed by atoms with Gasteiger partial charge >= 0.3 is 0 Å². The molecule has 23 heavy (non-hydrogen) atoms. The Kier molecular flexibility index (Phi) is 6.29. The Balaban J connectivity index is 1.93. The van der Waals surface area contributed by atoms with E-state index in [2.05, 4.69) is 5.32 Å². The maximum atomic E-state index is 11.5. The Bertz CT molecular complexity index is 611. The van der Waals surface area contributed by atoms with E-state index in [9.17, 15) is 9.90 Å². The van der Waals surface area contributed by atoms with Crippen LogP contribution in [0.2, 0.25) is 0 Å². The molecular formula is C18H21NO4. The monoisotopic (exact) mass is 315 g/mol. The highest BCUT2D eigenvalue weighted by Gasteiger charge is 2.21. The Morgan fingerprint density at radius 1 is 1.09 bits per heavy atom. The fraction of sp³-hybridized carbons (Fsp3) is 0.278. The lowest BCUT2D eigenvalue weighted by Crippen LogP contribution is -2.45. The predicted molar refractivity (Wildman–Crippen MR) is 87.4 cm³/mol. The van der Waals surface area contributed by atoms with Gasteiger partial charge in [0.25, 0.3) is 0 Å². The van der Waals surface area contributed by atoms with E-state index in [0.717, 1.165) is 17.1 Å². The van der Waals surface area contributed by atoms with Crippen molar-refractivity contribution in [3.05, 3.63) is 60.2 Å². The van der Waals surface area contributed by atoms with Gasteiger partial charge in [-0.05, 0) is 36.8 Å². The SMILES string of the molecule is CC(O)C(NCc1ccc(Oc2ccccc2)cc1)C(=O)CO. The topological polar surface area (TPSA) is 78.8 Å². The highest BCUT2D eigenvalue weighted by molar-refractivity contribution is 5.85. The van der Waals surface area contributed by atoms with Crippen molar-refractivity contribution in [2.75, 3.05) is 6.61 Å². The first-order valence-corrected chi connectivity index (χ1v) is 7.47. The highest BCUT2D eigenvalue weighted by atomic mass is 16.5. The van der Waals surface area contributed by atoms with Gasteiger partial charge in [0.1, 0.15) is 18.1 Å². The Hall–Kier alpha value is -2.21. The molecule has 0 saturated carbocycles. The van der Waals surface area contributed by atoms with Crippen molar-refractivity contribution in [2.45, 2.75) is 25.6 Å². The largest absolute Gasteiger partial charge is 0.457 e. The summed E-state index contributed by atoms with van der Waals surface area (Å²) in [5.74, 6) is 1.06. The molecule has 2 unspecified atom stereocenters. The molecule has 0 bridgehead atoms. The molecule has 0 spiro atoms. The number of aliphatic hydroxyl groups is 2. The lowest BCUT2D eigenvalue weighted by molar-refractivity contribution is -0.126. The summed E-state index contributed by atoms with van der Waals surface area (Å²) in [6, 6.07) is 16.2. The number of aliphatic hydroxyl groups excluding tert-OH is 2. The van der Waals surface area contributed by atoms with Gasteiger partial charge in [0.05, 0.1) is 12.1 Å². The molecule has 2 rings (SSSR count). The number of para-hydroxylation sites is 1. The van der Waals surface area contributed by atoms with Crippen LogP contribution >= 0.6 is 0 Å². The number of nitrogens with one attached hydrogen (secondary N) is 1. The maximum absolute atomic E-state index is 11.5. The second-order valence-corrected chi connectivity index (χ2v) is 5.28. The molecular weight excluding hydrogens is 294 g/mol. The molecule has 5 heteroatoms. The first kappa shape index (κ1) is 17.1. The number of hydrogen-bond donors (Lipinski definition) is 3. The van der Waals surface area contributed by atoms with E-state index in [-0.39, 0.29) is 0 Å². The third-order valence-electron chi connectivity index (χ3n) is 3.41. The predicted octanol–water partition coefficient (Wildman–Crippen LogP) is 1.88. The molecule has 0 aliphatic carbocycles. The van der Waals surface area contributed by atoms with Crippen LogP contribution in [0.5, 0.6) is 11.5 Å². The van der Waals surface area contributed by atoms with Crippen LogP contribution in [-0.2, 0) is 11.3 Å². The van der Waals surface area contributed by atoms with Gasteiger partial charge in [-0.2, -0.15) is 0 Å². The van der Waals surface area contributed by atoms with Crippen LogP contribution in [0.25, 0.3) is 0 Å². The third-order valence-corrected chi connectivity index (χ3v) is 3.41. The zero-order chi connectivity index (χ0) is 16.7. The minimum absolute atomic E-state index is 0.410. The van der Waals surface area contributed by atoms with Crippen LogP contribution < -0.4 is 10.1 Å². The Morgan fingerprint density at radius 3 is 2.26 bits per heavy atom. The van der Waals surface area contributed by atoms with E-state index in [0.29, 0.717) is 6.54 Å². The lowest BCUT2D eigenvalue weighted by Gasteiger charge is -2.19. The van der Waals surface area contributed by atoms with Crippen LogP contribution in [-0.4, -0.2) is 34.7 Å². The fourth-order valence-corrected chi connectivity index (χ4v) is 2.18. The van der Waals surface area contributed by atoms with E-state index >= 15 is 0 Å². The van der Waals surface area contributed by atoms with Gasteiger partial charge in [-0.3, -0.25) is 4.79 Å². The van der Waals surface area contributed by atoms with Crippen LogP contribution in [0.15, 0.2) is 54.6 Å². The first-order valence-electron chi connectivity index (χ1n) is 7.47. The minimum atomic E-state index is -0.865. The van der Waals surface area contributed by atoms with Gasteiger partial charge in [-0.1, -0.05) is 30.3 Å². The summed E-state index contributed by atoms with van der Waals surface area (Å²) in [7, 11) is 0. The zero-order valence-electron chi connectivity index (χ0n) is 13.0.